The van der Waals surface area contributed by atoms with Gasteiger partial charge in [0.15, 0.2) is 0 Å². The quantitative estimate of drug-likeness (QED) is 0.712. The Bertz CT molecular complexity index is 500. The average Bonchev–Trinajstić information content (AvgIpc) is 3.17. The van der Waals surface area contributed by atoms with E-state index in [9.17, 15) is 14.0 Å². The minimum atomic E-state index is -0.637. The van der Waals surface area contributed by atoms with E-state index in [4.69, 9.17) is 5.11 Å². The van der Waals surface area contributed by atoms with Crippen LogP contribution in [-0.2, 0) is 4.79 Å². The van der Waals surface area contributed by atoms with Gasteiger partial charge in [0, 0.05) is 0 Å². The maximum atomic E-state index is 13.3. The van der Waals surface area contributed by atoms with Crippen LogP contribution in [0.4, 0.5) is 4.39 Å². The van der Waals surface area contributed by atoms with Gasteiger partial charge in [0.05, 0.1) is 24.3 Å². The molecule has 1 aliphatic carbocycles. The summed E-state index contributed by atoms with van der Waals surface area (Å²) >= 11 is 0. The summed E-state index contributed by atoms with van der Waals surface area (Å²) in [5.74, 6) is -1.66. The molecule has 2 rings (SSSR count). The molecule has 0 saturated heterocycles. The van der Waals surface area contributed by atoms with Gasteiger partial charge in [0.2, 0.25) is 5.91 Å². The van der Waals surface area contributed by atoms with Crippen LogP contribution in [0, 0.1) is 5.82 Å². The van der Waals surface area contributed by atoms with Crippen LogP contribution in [-0.4, -0.2) is 35.6 Å². The van der Waals surface area contributed by atoms with Crippen LogP contribution in [0.15, 0.2) is 24.3 Å². The van der Waals surface area contributed by atoms with E-state index < -0.39 is 23.2 Å². The number of carbonyl (C=O) groups is 2. The second kappa shape index (κ2) is 5.36. The number of hydrogen-bond acceptors (Lipinski definition) is 3. The molecule has 2 amide bonds. The lowest BCUT2D eigenvalue weighted by Gasteiger charge is -2.14. The van der Waals surface area contributed by atoms with E-state index in [0.717, 1.165) is 12.8 Å². The van der Waals surface area contributed by atoms with Gasteiger partial charge in [0.1, 0.15) is 5.82 Å². The fourth-order valence-corrected chi connectivity index (χ4v) is 1.71. The van der Waals surface area contributed by atoms with Crippen LogP contribution >= 0.6 is 0 Å². The molecule has 0 bridgehead atoms. The van der Waals surface area contributed by atoms with Gasteiger partial charge < -0.3 is 15.7 Å². The Kier molecular flexibility index (Phi) is 3.80. The van der Waals surface area contributed by atoms with Crippen molar-refractivity contribution in [2.75, 3.05) is 13.2 Å². The van der Waals surface area contributed by atoms with E-state index in [-0.39, 0.29) is 18.7 Å². The molecule has 0 aliphatic heterocycles. The summed E-state index contributed by atoms with van der Waals surface area (Å²) < 4.78 is 13.3. The first-order chi connectivity index (χ1) is 9.06. The molecule has 0 radical (unpaired) electrons. The number of carbonyl (C=O) groups excluding carboxylic acids is 2. The molecule has 102 valence electrons. The SMILES string of the molecule is O=C(CNC(=O)c1ccccc1F)NC1(CO)CC1. The number of aliphatic hydroxyl groups excluding tert-OH is 1. The van der Waals surface area contributed by atoms with Crippen molar-refractivity contribution >= 4 is 11.8 Å². The van der Waals surface area contributed by atoms with Gasteiger partial charge in [-0.15, -0.1) is 0 Å². The first kappa shape index (κ1) is 13.5. The third-order valence-electron chi connectivity index (χ3n) is 3.09. The van der Waals surface area contributed by atoms with E-state index in [1.54, 1.807) is 6.07 Å². The van der Waals surface area contributed by atoms with Gasteiger partial charge in [-0.1, -0.05) is 12.1 Å². The van der Waals surface area contributed by atoms with Crippen molar-refractivity contribution < 1.29 is 19.1 Å². The molecule has 0 heterocycles. The summed E-state index contributed by atoms with van der Waals surface area (Å²) in [6, 6.07) is 5.55. The summed E-state index contributed by atoms with van der Waals surface area (Å²) in [5.41, 5.74) is -0.613. The highest BCUT2D eigenvalue weighted by Crippen LogP contribution is 2.34. The van der Waals surface area contributed by atoms with Crippen LogP contribution in [0.25, 0.3) is 0 Å². The van der Waals surface area contributed by atoms with E-state index in [1.807, 2.05) is 0 Å². The fraction of sp³-hybridized carbons (Fsp3) is 0.385. The van der Waals surface area contributed by atoms with Crippen LogP contribution in [0.2, 0.25) is 0 Å². The Labute approximate surface area is 109 Å². The fourth-order valence-electron chi connectivity index (χ4n) is 1.71. The number of hydrogen-bond donors (Lipinski definition) is 3. The van der Waals surface area contributed by atoms with Gasteiger partial charge in [-0.05, 0) is 25.0 Å². The molecule has 0 spiro atoms. The van der Waals surface area contributed by atoms with Crippen LogP contribution in [0.5, 0.6) is 0 Å². The van der Waals surface area contributed by atoms with E-state index in [1.165, 1.54) is 18.2 Å². The number of benzene rings is 1. The summed E-state index contributed by atoms with van der Waals surface area (Å²) in [7, 11) is 0. The molecule has 19 heavy (non-hydrogen) atoms. The maximum Gasteiger partial charge on any atom is 0.254 e. The molecular weight excluding hydrogens is 251 g/mol. The molecule has 6 heteroatoms. The summed E-state index contributed by atoms with van der Waals surface area (Å²) in [4.78, 5) is 23.2. The third kappa shape index (κ3) is 3.29. The number of amides is 2. The minimum Gasteiger partial charge on any atom is -0.394 e. The molecule has 0 aromatic heterocycles. The standard InChI is InChI=1S/C13H15FN2O3/c14-10-4-2-1-3-9(10)12(19)15-7-11(18)16-13(8-17)5-6-13/h1-4,17H,5-8H2,(H,15,19)(H,16,18). The van der Waals surface area contributed by atoms with Crippen molar-refractivity contribution in [3.63, 3.8) is 0 Å². The monoisotopic (exact) mass is 266 g/mol. The van der Waals surface area contributed by atoms with Crippen molar-refractivity contribution in [2.24, 2.45) is 0 Å². The highest BCUT2D eigenvalue weighted by atomic mass is 19.1. The zero-order chi connectivity index (χ0) is 13.9. The van der Waals surface area contributed by atoms with Crippen molar-refractivity contribution in [1.82, 2.24) is 10.6 Å². The smallest absolute Gasteiger partial charge is 0.254 e. The van der Waals surface area contributed by atoms with Crippen molar-refractivity contribution in [3.05, 3.63) is 35.6 Å². The Balaban J connectivity index is 1.84. The van der Waals surface area contributed by atoms with E-state index >= 15 is 0 Å². The first-order valence-electron chi connectivity index (χ1n) is 6.01. The van der Waals surface area contributed by atoms with E-state index in [0.29, 0.717) is 0 Å². The van der Waals surface area contributed by atoms with Gasteiger partial charge in [-0.25, -0.2) is 4.39 Å². The zero-order valence-corrected chi connectivity index (χ0v) is 10.3. The molecule has 1 aromatic rings. The highest BCUT2D eigenvalue weighted by Gasteiger charge is 2.43. The molecular formula is C13H15FN2O3. The first-order valence-corrected chi connectivity index (χ1v) is 6.01. The highest BCUT2D eigenvalue weighted by molar-refractivity contribution is 5.96. The Morgan fingerprint density at radius 1 is 1.32 bits per heavy atom. The average molecular weight is 266 g/mol. The number of aliphatic hydroxyl groups is 1. The number of rotatable bonds is 5. The lowest BCUT2D eigenvalue weighted by molar-refractivity contribution is -0.121. The normalized spacial score (nSPS) is 15.7. The van der Waals surface area contributed by atoms with Crippen LogP contribution in [0.1, 0.15) is 23.2 Å². The van der Waals surface area contributed by atoms with Crippen molar-refractivity contribution in [1.29, 1.82) is 0 Å². The second-order valence-electron chi connectivity index (χ2n) is 4.65. The second-order valence-corrected chi connectivity index (χ2v) is 4.65. The molecule has 1 fully saturated rings. The molecule has 1 aromatic carbocycles. The Morgan fingerprint density at radius 2 is 2.00 bits per heavy atom. The molecule has 5 nitrogen and oxygen atoms in total. The van der Waals surface area contributed by atoms with Gasteiger partial charge in [-0.3, -0.25) is 9.59 Å². The van der Waals surface area contributed by atoms with Gasteiger partial charge >= 0.3 is 0 Å². The topological polar surface area (TPSA) is 78.4 Å². The molecule has 0 unspecified atom stereocenters. The van der Waals surface area contributed by atoms with Crippen LogP contribution < -0.4 is 10.6 Å². The lowest BCUT2D eigenvalue weighted by Crippen LogP contribution is -2.45. The predicted octanol–water partition coefficient (Wildman–Crippen LogP) is 0.197. The summed E-state index contributed by atoms with van der Waals surface area (Å²) in [6.07, 6.45) is 1.47. The summed E-state index contributed by atoms with van der Waals surface area (Å²) in [5, 5.41) is 14.0. The van der Waals surface area contributed by atoms with Gasteiger partial charge in [-0.2, -0.15) is 0 Å². The largest absolute Gasteiger partial charge is 0.394 e. The Hall–Kier alpha value is -1.95. The van der Waals surface area contributed by atoms with Gasteiger partial charge in [0.25, 0.3) is 5.91 Å². The minimum absolute atomic E-state index is 0.0985. The Morgan fingerprint density at radius 3 is 2.58 bits per heavy atom. The molecule has 3 N–H and O–H groups in total. The van der Waals surface area contributed by atoms with E-state index in [2.05, 4.69) is 10.6 Å². The van der Waals surface area contributed by atoms with Crippen molar-refractivity contribution in [2.45, 2.75) is 18.4 Å². The number of halogens is 1. The third-order valence-corrected chi connectivity index (χ3v) is 3.09. The molecule has 1 saturated carbocycles. The maximum absolute atomic E-state index is 13.3. The molecule has 1 aliphatic rings. The predicted molar refractivity (Wildman–Crippen MR) is 65.9 cm³/mol. The lowest BCUT2D eigenvalue weighted by atomic mass is 10.2. The molecule has 0 atom stereocenters. The summed E-state index contributed by atoms with van der Waals surface area (Å²) in [6.45, 7) is -0.352. The zero-order valence-electron chi connectivity index (χ0n) is 10.3. The van der Waals surface area contributed by atoms with Crippen molar-refractivity contribution in [3.8, 4) is 0 Å². The van der Waals surface area contributed by atoms with Crippen LogP contribution in [0.3, 0.4) is 0 Å². The number of nitrogens with one attached hydrogen (secondary N) is 2.